The summed E-state index contributed by atoms with van der Waals surface area (Å²) in [4.78, 5) is 0.491. The number of hydrogen-bond acceptors (Lipinski definition) is 5. The van der Waals surface area contributed by atoms with Gasteiger partial charge in [0.1, 0.15) is 10.8 Å². The van der Waals surface area contributed by atoms with E-state index < -0.39 is 6.10 Å². The second-order valence-electron chi connectivity index (χ2n) is 3.55. The van der Waals surface area contributed by atoms with Crippen LogP contribution in [0.1, 0.15) is 23.6 Å². The van der Waals surface area contributed by atoms with Crippen LogP contribution in [-0.4, -0.2) is 15.3 Å². The van der Waals surface area contributed by atoms with Crippen molar-refractivity contribution in [2.75, 3.05) is 0 Å². The average molecular weight is 270 g/mol. The minimum atomic E-state index is -0.660. The lowest BCUT2D eigenvalue weighted by Crippen LogP contribution is -1.92. The molecule has 2 aromatic rings. The maximum absolute atomic E-state index is 13.7. The molecule has 6 heteroatoms. The van der Waals surface area contributed by atoms with Crippen molar-refractivity contribution >= 4 is 23.1 Å². The molecule has 1 heterocycles. The first-order chi connectivity index (χ1) is 8.06. The van der Waals surface area contributed by atoms with Crippen LogP contribution in [0, 0.1) is 12.7 Å². The van der Waals surface area contributed by atoms with Crippen LogP contribution in [0.25, 0.3) is 0 Å². The number of aliphatic hydroxyl groups is 1. The Morgan fingerprint density at radius 2 is 2.18 bits per heavy atom. The summed E-state index contributed by atoms with van der Waals surface area (Å²) in [7, 11) is 0. The Hall–Kier alpha value is -0.980. The minimum Gasteiger partial charge on any atom is -0.389 e. The first kappa shape index (κ1) is 12.5. The zero-order valence-electron chi connectivity index (χ0n) is 9.35. The fraction of sp³-hybridized carbons (Fsp3) is 0.273. The van der Waals surface area contributed by atoms with Gasteiger partial charge in [0.25, 0.3) is 0 Å². The molecular weight excluding hydrogens is 259 g/mol. The molecule has 0 radical (unpaired) electrons. The zero-order valence-corrected chi connectivity index (χ0v) is 11.0. The second-order valence-corrected chi connectivity index (χ2v) is 6.03. The molecule has 2 rings (SSSR count). The van der Waals surface area contributed by atoms with E-state index >= 15 is 0 Å². The molecule has 1 aromatic carbocycles. The molecule has 0 aliphatic rings. The molecule has 90 valence electrons. The van der Waals surface area contributed by atoms with Crippen molar-refractivity contribution in [3.8, 4) is 0 Å². The normalized spacial score (nSPS) is 12.7. The van der Waals surface area contributed by atoms with Crippen molar-refractivity contribution in [3.63, 3.8) is 0 Å². The monoisotopic (exact) mass is 270 g/mol. The summed E-state index contributed by atoms with van der Waals surface area (Å²) in [5, 5.41) is 18.0. The lowest BCUT2D eigenvalue weighted by Gasteiger charge is -2.06. The summed E-state index contributed by atoms with van der Waals surface area (Å²) >= 11 is 2.67. The van der Waals surface area contributed by atoms with Gasteiger partial charge in [0.05, 0.1) is 11.0 Å². The van der Waals surface area contributed by atoms with Crippen molar-refractivity contribution in [2.24, 2.45) is 0 Å². The van der Waals surface area contributed by atoms with E-state index in [1.807, 2.05) is 6.92 Å². The maximum atomic E-state index is 13.7. The molecule has 1 aromatic heterocycles. The fourth-order valence-electron chi connectivity index (χ4n) is 1.27. The van der Waals surface area contributed by atoms with Crippen molar-refractivity contribution in [3.05, 3.63) is 34.6 Å². The van der Waals surface area contributed by atoms with E-state index in [0.717, 1.165) is 5.01 Å². The van der Waals surface area contributed by atoms with E-state index in [9.17, 15) is 9.50 Å². The maximum Gasteiger partial charge on any atom is 0.179 e. The first-order valence-corrected chi connectivity index (χ1v) is 6.65. The van der Waals surface area contributed by atoms with E-state index in [1.54, 1.807) is 19.1 Å². The Balaban J connectivity index is 2.22. The molecule has 0 amide bonds. The van der Waals surface area contributed by atoms with Gasteiger partial charge in [0.2, 0.25) is 0 Å². The van der Waals surface area contributed by atoms with Crippen LogP contribution in [0.15, 0.2) is 27.4 Å². The van der Waals surface area contributed by atoms with Crippen molar-refractivity contribution in [1.29, 1.82) is 0 Å². The van der Waals surface area contributed by atoms with Gasteiger partial charge < -0.3 is 5.11 Å². The molecule has 0 saturated carbocycles. The van der Waals surface area contributed by atoms with Crippen LogP contribution < -0.4 is 0 Å². The number of aryl methyl sites for hydroxylation is 1. The Kier molecular flexibility index (Phi) is 3.76. The third kappa shape index (κ3) is 3.02. The van der Waals surface area contributed by atoms with Crippen LogP contribution in [0.3, 0.4) is 0 Å². The molecule has 3 nitrogen and oxygen atoms in total. The number of benzene rings is 1. The molecule has 17 heavy (non-hydrogen) atoms. The van der Waals surface area contributed by atoms with Crippen molar-refractivity contribution in [1.82, 2.24) is 10.2 Å². The third-order valence-corrected chi connectivity index (χ3v) is 4.08. The Morgan fingerprint density at radius 1 is 1.41 bits per heavy atom. The highest BCUT2D eigenvalue weighted by Crippen LogP contribution is 2.32. The fourth-order valence-corrected chi connectivity index (χ4v) is 3.05. The largest absolute Gasteiger partial charge is 0.389 e. The van der Waals surface area contributed by atoms with Crippen molar-refractivity contribution < 1.29 is 9.50 Å². The molecular formula is C11H11FN2OS2. The highest BCUT2D eigenvalue weighted by atomic mass is 32.2. The Morgan fingerprint density at radius 3 is 2.71 bits per heavy atom. The quantitative estimate of drug-likeness (QED) is 0.930. The van der Waals surface area contributed by atoms with Gasteiger partial charge in [-0.15, -0.1) is 10.2 Å². The summed E-state index contributed by atoms with van der Waals surface area (Å²) in [5.74, 6) is -0.346. The molecule has 0 bridgehead atoms. The van der Waals surface area contributed by atoms with Gasteiger partial charge in [0, 0.05) is 0 Å². The standard InChI is InChI=1S/C11H11FN2OS2/c1-6(15)8-3-4-10(9(12)5-8)17-11-14-13-7(2)16-11/h3-6,15H,1-2H3/t6-/m0/s1. The summed E-state index contributed by atoms with van der Waals surface area (Å²) < 4.78 is 14.4. The van der Waals surface area contributed by atoms with Gasteiger partial charge in [-0.3, -0.25) is 0 Å². The average Bonchev–Trinajstić information content (AvgIpc) is 2.67. The zero-order chi connectivity index (χ0) is 12.4. The van der Waals surface area contributed by atoms with Gasteiger partial charge in [-0.2, -0.15) is 0 Å². The molecule has 1 atom stereocenters. The van der Waals surface area contributed by atoms with E-state index in [0.29, 0.717) is 14.8 Å². The van der Waals surface area contributed by atoms with Crippen molar-refractivity contribution in [2.45, 2.75) is 29.2 Å². The van der Waals surface area contributed by atoms with Gasteiger partial charge in [-0.05, 0) is 31.5 Å². The number of aliphatic hydroxyl groups excluding tert-OH is 1. The molecule has 1 N–H and O–H groups in total. The number of halogens is 1. The van der Waals surface area contributed by atoms with Gasteiger partial charge in [-0.1, -0.05) is 29.2 Å². The van der Waals surface area contributed by atoms with E-state index in [1.165, 1.54) is 29.2 Å². The van der Waals surface area contributed by atoms with Crippen LogP contribution >= 0.6 is 23.1 Å². The van der Waals surface area contributed by atoms with E-state index in [2.05, 4.69) is 10.2 Å². The molecule has 0 aliphatic heterocycles. The van der Waals surface area contributed by atoms with Gasteiger partial charge >= 0.3 is 0 Å². The minimum absolute atomic E-state index is 0.346. The number of aromatic nitrogens is 2. The van der Waals surface area contributed by atoms with E-state index in [-0.39, 0.29) is 5.82 Å². The van der Waals surface area contributed by atoms with Crippen LogP contribution in [-0.2, 0) is 0 Å². The lowest BCUT2D eigenvalue weighted by molar-refractivity contribution is 0.198. The molecule has 0 unspecified atom stereocenters. The van der Waals surface area contributed by atoms with E-state index in [4.69, 9.17) is 0 Å². The Labute approximate surface area is 107 Å². The topological polar surface area (TPSA) is 46.0 Å². The molecule has 0 saturated heterocycles. The smallest absolute Gasteiger partial charge is 0.179 e. The highest BCUT2D eigenvalue weighted by Gasteiger charge is 2.10. The lowest BCUT2D eigenvalue weighted by atomic mass is 10.1. The molecule has 0 aliphatic carbocycles. The van der Waals surface area contributed by atoms with Crippen LogP contribution in [0.2, 0.25) is 0 Å². The number of hydrogen-bond donors (Lipinski definition) is 1. The molecule has 0 fully saturated rings. The van der Waals surface area contributed by atoms with Crippen LogP contribution in [0.4, 0.5) is 4.39 Å². The number of nitrogens with zero attached hydrogens (tertiary/aromatic N) is 2. The predicted octanol–water partition coefficient (Wildman–Crippen LogP) is 3.19. The number of rotatable bonds is 3. The summed E-state index contributed by atoms with van der Waals surface area (Å²) in [6.07, 6.45) is -0.660. The third-order valence-electron chi connectivity index (χ3n) is 2.14. The first-order valence-electron chi connectivity index (χ1n) is 5.01. The molecule has 0 spiro atoms. The van der Waals surface area contributed by atoms with Gasteiger partial charge in [0.15, 0.2) is 4.34 Å². The second kappa shape index (κ2) is 5.12. The summed E-state index contributed by atoms with van der Waals surface area (Å²) in [6.45, 7) is 3.46. The summed E-state index contributed by atoms with van der Waals surface area (Å²) in [6, 6.07) is 4.71. The SMILES string of the molecule is Cc1nnc(Sc2ccc([C@H](C)O)cc2F)s1. The highest BCUT2D eigenvalue weighted by molar-refractivity contribution is 8.01. The Bertz CT molecular complexity index is 528. The van der Waals surface area contributed by atoms with Gasteiger partial charge in [-0.25, -0.2) is 4.39 Å². The predicted molar refractivity (Wildman–Crippen MR) is 65.8 cm³/mol. The summed E-state index contributed by atoms with van der Waals surface area (Å²) in [5.41, 5.74) is 0.570. The van der Waals surface area contributed by atoms with Crippen LogP contribution in [0.5, 0.6) is 0 Å².